The highest BCUT2D eigenvalue weighted by Gasteiger charge is 2.03. The van der Waals surface area contributed by atoms with Crippen molar-refractivity contribution in [3.8, 4) is 11.5 Å². The molecule has 0 atom stereocenters. The van der Waals surface area contributed by atoms with Crippen molar-refractivity contribution in [1.29, 1.82) is 0 Å². The van der Waals surface area contributed by atoms with Crippen LogP contribution in [0.1, 0.15) is 0 Å². The Labute approximate surface area is 103 Å². The van der Waals surface area contributed by atoms with Crippen molar-refractivity contribution in [3.63, 3.8) is 0 Å². The zero-order chi connectivity index (χ0) is 12.5. The van der Waals surface area contributed by atoms with E-state index in [4.69, 9.17) is 4.74 Å². The number of hydrogen-bond acceptors (Lipinski definition) is 2. The van der Waals surface area contributed by atoms with E-state index >= 15 is 0 Å². The number of halogens is 1. The average Bonchev–Trinajstić information content (AvgIpc) is 2.71. The molecule has 0 amide bonds. The molecule has 0 bridgehead atoms. The van der Waals surface area contributed by atoms with E-state index in [1.165, 1.54) is 12.1 Å². The highest BCUT2D eigenvalue weighted by molar-refractivity contribution is 5.77. The molecule has 1 heterocycles. The van der Waals surface area contributed by atoms with Gasteiger partial charge in [-0.1, -0.05) is 6.07 Å². The molecule has 0 aliphatic heterocycles. The summed E-state index contributed by atoms with van der Waals surface area (Å²) < 4.78 is 20.6. The van der Waals surface area contributed by atoms with Gasteiger partial charge >= 0.3 is 0 Å². The molecule has 1 aromatic heterocycles. The summed E-state index contributed by atoms with van der Waals surface area (Å²) in [5, 5.41) is 0. The summed E-state index contributed by atoms with van der Waals surface area (Å²) in [6.45, 7) is 0. The Balaban J connectivity index is 1.97. The van der Waals surface area contributed by atoms with Crippen molar-refractivity contribution in [3.05, 3.63) is 54.6 Å². The molecule has 0 aliphatic rings. The lowest BCUT2D eigenvalue weighted by atomic mass is 10.3. The Morgan fingerprint density at radius 3 is 2.78 bits per heavy atom. The summed E-state index contributed by atoms with van der Waals surface area (Å²) in [7, 11) is 1.92. The van der Waals surface area contributed by atoms with Crippen LogP contribution in [0.3, 0.4) is 0 Å². The second-order valence-corrected chi connectivity index (χ2v) is 4.07. The van der Waals surface area contributed by atoms with Crippen LogP contribution in [-0.2, 0) is 7.05 Å². The zero-order valence-electron chi connectivity index (χ0n) is 9.80. The first-order valence-electron chi connectivity index (χ1n) is 5.57. The van der Waals surface area contributed by atoms with Crippen molar-refractivity contribution in [2.45, 2.75) is 0 Å². The smallest absolute Gasteiger partial charge is 0.130 e. The minimum Gasteiger partial charge on any atom is -0.457 e. The van der Waals surface area contributed by atoms with Crippen LogP contribution >= 0.6 is 0 Å². The first-order valence-corrected chi connectivity index (χ1v) is 5.57. The first-order chi connectivity index (χ1) is 8.72. The van der Waals surface area contributed by atoms with Gasteiger partial charge < -0.3 is 9.30 Å². The molecule has 0 saturated carbocycles. The fraction of sp³-hybridized carbons (Fsp3) is 0.0714. The Morgan fingerprint density at radius 1 is 1.11 bits per heavy atom. The van der Waals surface area contributed by atoms with Gasteiger partial charge in [-0.05, 0) is 24.3 Å². The fourth-order valence-electron chi connectivity index (χ4n) is 1.84. The van der Waals surface area contributed by atoms with E-state index in [0.29, 0.717) is 11.5 Å². The molecule has 18 heavy (non-hydrogen) atoms. The van der Waals surface area contributed by atoms with Crippen LogP contribution in [0.15, 0.2) is 48.8 Å². The lowest BCUT2D eigenvalue weighted by molar-refractivity contribution is 0.477. The molecule has 0 unspecified atom stereocenters. The molecule has 3 aromatic rings. The van der Waals surface area contributed by atoms with Gasteiger partial charge in [-0.3, -0.25) is 0 Å². The molecule has 4 heteroatoms. The Morgan fingerprint density at radius 2 is 1.94 bits per heavy atom. The van der Waals surface area contributed by atoms with Gasteiger partial charge in [-0.25, -0.2) is 9.37 Å². The molecular formula is C14H11FN2O. The number of ether oxygens (including phenoxy) is 1. The number of aromatic nitrogens is 2. The minimum atomic E-state index is -0.311. The van der Waals surface area contributed by atoms with Gasteiger partial charge in [-0.2, -0.15) is 0 Å². The topological polar surface area (TPSA) is 27.1 Å². The Bertz CT molecular complexity index is 706. The molecule has 0 aliphatic carbocycles. The number of nitrogens with zero attached hydrogens (tertiary/aromatic N) is 2. The largest absolute Gasteiger partial charge is 0.457 e. The van der Waals surface area contributed by atoms with Gasteiger partial charge in [0.05, 0.1) is 17.4 Å². The molecule has 3 rings (SSSR count). The third-order valence-corrected chi connectivity index (χ3v) is 2.73. The van der Waals surface area contributed by atoms with E-state index < -0.39 is 0 Å². The number of hydrogen-bond donors (Lipinski definition) is 0. The van der Waals surface area contributed by atoms with Crippen molar-refractivity contribution < 1.29 is 9.13 Å². The molecular weight excluding hydrogens is 231 g/mol. The molecule has 0 saturated heterocycles. The lowest BCUT2D eigenvalue weighted by Crippen LogP contribution is -1.87. The molecule has 0 radical (unpaired) electrons. The number of aryl methyl sites for hydroxylation is 1. The van der Waals surface area contributed by atoms with Crippen LogP contribution in [-0.4, -0.2) is 9.55 Å². The highest BCUT2D eigenvalue weighted by Crippen LogP contribution is 2.25. The van der Waals surface area contributed by atoms with Crippen molar-refractivity contribution in [2.75, 3.05) is 0 Å². The van der Waals surface area contributed by atoms with Gasteiger partial charge in [-0.15, -0.1) is 0 Å². The SMILES string of the molecule is Cn1cnc2ccc(Oc3cccc(F)c3)cc21. The summed E-state index contributed by atoms with van der Waals surface area (Å²) in [4.78, 5) is 4.23. The Kier molecular flexibility index (Phi) is 2.48. The maximum absolute atomic E-state index is 13.0. The maximum Gasteiger partial charge on any atom is 0.130 e. The fourth-order valence-corrected chi connectivity index (χ4v) is 1.84. The predicted molar refractivity (Wildman–Crippen MR) is 67.2 cm³/mol. The van der Waals surface area contributed by atoms with E-state index in [0.717, 1.165) is 11.0 Å². The van der Waals surface area contributed by atoms with Gasteiger partial charge in [0.1, 0.15) is 17.3 Å². The summed E-state index contributed by atoms with van der Waals surface area (Å²) in [6, 6.07) is 11.7. The van der Waals surface area contributed by atoms with Crippen LogP contribution < -0.4 is 4.74 Å². The predicted octanol–water partition coefficient (Wildman–Crippen LogP) is 3.50. The summed E-state index contributed by atoms with van der Waals surface area (Å²) >= 11 is 0. The van der Waals surface area contributed by atoms with E-state index in [1.54, 1.807) is 18.5 Å². The highest BCUT2D eigenvalue weighted by atomic mass is 19.1. The van der Waals surface area contributed by atoms with E-state index in [1.807, 2.05) is 29.8 Å². The van der Waals surface area contributed by atoms with Crippen LogP contribution in [0.4, 0.5) is 4.39 Å². The minimum absolute atomic E-state index is 0.311. The Hall–Kier alpha value is -2.36. The van der Waals surface area contributed by atoms with Crippen LogP contribution in [0.25, 0.3) is 11.0 Å². The lowest BCUT2D eigenvalue weighted by Gasteiger charge is -2.06. The first kappa shape index (κ1) is 10.8. The number of fused-ring (bicyclic) bond motifs is 1. The summed E-state index contributed by atoms with van der Waals surface area (Å²) in [5.74, 6) is 0.835. The van der Waals surface area contributed by atoms with Crippen molar-refractivity contribution in [2.24, 2.45) is 7.05 Å². The van der Waals surface area contributed by atoms with Crippen molar-refractivity contribution in [1.82, 2.24) is 9.55 Å². The third-order valence-electron chi connectivity index (χ3n) is 2.73. The molecule has 90 valence electrons. The molecule has 0 fully saturated rings. The normalized spacial score (nSPS) is 10.8. The van der Waals surface area contributed by atoms with Crippen LogP contribution in [0.2, 0.25) is 0 Å². The zero-order valence-corrected chi connectivity index (χ0v) is 9.80. The molecule has 2 aromatic carbocycles. The molecule has 0 N–H and O–H groups in total. The summed E-state index contributed by atoms with van der Waals surface area (Å²) in [6.07, 6.45) is 1.75. The standard InChI is InChI=1S/C14H11FN2O/c1-17-9-16-13-6-5-12(8-14(13)17)18-11-4-2-3-10(15)7-11/h2-9H,1H3. The second kappa shape index (κ2) is 4.14. The van der Waals surface area contributed by atoms with E-state index in [-0.39, 0.29) is 5.82 Å². The molecule has 0 spiro atoms. The van der Waals surface area contributed by atoms with E-state index in [9.17, 15) is 4.39 Å². The van der Waals surface area contributed by atoms with E-state index in [2.05, 4.69) is 4.98 Å². The van der Waals surface area contributed by atoms with Gasteiger partial charge in [0.2, 0.25) is 0 Å². The monoisotopic (exact) mass is 242 g/mol. The van der Waals surface area contributed by atoms with Crippen LogP contribution in [0.5, 0.6) is 11.5 Å². The molecule has 3 nitrogen and oxygen atoms in total. The average molecular weight is 242 g/mol. The number of benzene rings is 2. The van der Waals surface area contributed by atoms with Gasteiger partial charge in [0.15, 0.2) is 0 Å². The third kappa shape index (κ3) is 1.93. The maximum atomic E-state index is 13.0. The quantitative estimate of drug-likeness (QED) is 0.687. The van der Waals surface area contributed by atoms with Crippen LogP contribution in [0, 0.1) is 5.82 Å². The van der Waals surface area contributed by atoms with Crippen molar-refractivity contribution >= 4 is 11.0 Å². The number of imidazole rings is 1. The summed E-state index contributed by atoms with van der Waals surface area (Å²) in [5.41, 5.74) is 1.88. The van der Waals surface area contributed by atoms with Gasteiger partial charge in [0, 0.05) is 19.2 Å². The number of rotatable bonds is 2. The van der Waals surface area contributed by atoms with Gasteiger partial charge in [0.25, 0.3) is 0 Å². The second-order valence-electron chi connectivity index (χ2n) is 4.07.